The molecule has 2 heterocycles. The Morgan fingerprint density at radius 3 is 2.48 bits per heavy atom. The van der Waals surface area contributed by atoms with Crippen molar-refractivity contribution in [2.75, 3.05) is 19.6 Å². The third kappa shape index (κ3) is 3.21. The van der Waals surface area contributed by atoms with Crippen molar-refractivity contribution in [1.82, 2.24) is 9.80 Å². The topological polar surface area (TPSA) is 40.6 Å². The minimum atomic E-state index is -1.25. The molecule has 0 bridgehead atoms. The van der Waals surface area contributed by atoms with Crippen molar-refractivity contribution in [3.8, 4) is 0 Å². The number of carbonyl (C=O) groups excluding carboxylic acids is 2. The van der Waals surface area contributed by atoms with Gasteiger partial charge in [0.05, 0.1) is 12.1 Å². The number of alkyl halides is 1. The second-order valence-electron chi connectivity index (χ2n) is 6.17. The third-order valence-corrected chi connectivity index (χ3v) is 4.57. The van der Waals surface area contributed by atoms with Gasteiger partial charge in [0, 0.05) is 19.5 Å². The van der Waals surface area contributed by atoms with E-state index >= 15 is 0 Å². The maximum absolute atomic E-state index is 13.9. The van der Waals surface area contributed by atoms with Crippen molar-refractivity contribution in [3.63, 3.8) is 0 Å². The molecule has 2 atom stereocenters. The maximum Gasteiger partial charge on any atom is 0.257 e. The number of likely N-dealkylation sites (tertiary alicyclic amines) is 2. The average Bonchev–Trinajstić information content (AvgIpc) is 2.96. The summed E-state index contributed by atoms with van der Waals surface area (Å²) < 4.78 is 27.7. The summed E-state index contributed by atoms with van der Waals surface area (Å²) in [6.07, 6.45) is 1.69. The van der Waals surface area contributed by atoms with Crippen molar-refractivity contribution in [2.45, 2.75) is 37.9 Å². The van der Waals surface area contributed by atoms with E-state index < -0.39 is 23.9 Å². The molecule has 23 heavy (non-hydrogen) atoms. The molecular formula is C17H20F2N2O2. The molecule has 0 aromatic heterocycles. The van der Waals surface area contributed by atoms with Gasteiger partial charge in [0.2, 0.25) is 5.91 Å². The molecular weight excluding hydrogens is 302 g/mol. The lowest BCUT2D eigenvalue weighted by molar-refractivity contribution is -0.136. The zero-order valence-corrected chi connectivity index (χ0v) is 12.9. The Hall–Kier alpha value is -1.98. The molecule has 0 unspecified atom stereocenters. The molecule has 0 radical (unpaired) electrons. The Kier molecular flexibility index (Phi) is 4.59. The second-order valence-corrected chi connectivity index (χ2v) is 6.17. The Morgan fingerprint density at radius 1 is 1.09 bits per heavy atom. The van der Waals surface area contributed by atoms with Gasteiger partial charge in [0.15, 0.2) is 0 Å². The summed E-state index contributed by atoms with van der Waals surface area (Å²) >= 11 is 0. The number of hydrogen-bond donors (Lipinski definition) is 0. The standard InChI is InChI=1S/C17H20F2N2O2/c18-12-10-15(17(23)20-8-4-1-5-9-20)21(11-12)16(22)13-6-2-3-7-14(13)19/h2-3,6-7,12,15H,1,4-5,8-11H2/t12-,15-/m0/s1. The highest BCUT2D eigenvalue weighted by atomic mass is 19.1. The fourth-order valence-corrected chi connectivity index (χ4v) is 3.36. The first kappa shape index (κ1) is 15.9. The van der Waals surface area contributed by atoms with Crippen LogP contribution in [-0.4, -0.2) is 53.5 Å². The molecule has 6 heteroatoms. The lowest BCUT2D eigenvalue weighted by Gasteiger charge is -2.32. The molecule has 0 saturated carbocycles. The monoisotopic (exact) mass is 322 g/mol. The summed E-state index contributed by atoms with van der Waals surface area (Å²) in [5, 5.41) is 0. The second kappa shape index (κ2) is 6.64. The fraction of sp³-hybridized carbons (Fsp3) is 0.529. The van der Waals surface area contributed by atoms with Crippen LogP contribution < -0.4 is 0 Å². The highest BCUT2D eigenvalue weighted by Gasteiger charge is 2.42. The molecule has 0 N–H and O–H groups in total. The quantitative estimate of drug-likeness (QED) is 0.839. The van der Waals surface area contributed by atoms with Crippen LogP contribution in [0.4, 0.5) is 8.78 Å². The van der Waals surface area contributed by atoms with E-state index in [1.165, 1.54) is 23.1 Å². The summed E-state index contributed by atoms with van der Waals surface area (Å²) in [6, 6.07) is 4.78. The van der Waals surface area contributed by atoms with E-state index in [9.17, 15) is 18.4 Å². The molecule has 2 saturated heterocycles. The van der Waals surface area contributed by atoms with Gasteiger partial charge in [-0.25, -0.2) is 8.78 Å². The predicted molar refractivity (Wildman–Crippen MR) is 81.2 cm³/mol. The number of rotatable bonds is 2. The van der Waals surface area contributed by atoms with E-state index in [2.05, 4.69) is 0 Å². The molecule has 2 aliphatic heterocycles. The van der Waals surface area contributed by atoms with Crippen LogP contribution in [0.1, 0.15) is 36.0 Å². The number of halogens is 2. The highest BCUT2D eigenvalue weighted by molar-refractivity contribution is 5.98. The largest absolute Gasteiger partial charge is 0.341 e. The van der Waals surface area contributed by atoms with Crippen molar-refractivity contribution in [2.24, 2.45) is 0 Å². The molecule has 2 fully saturated rings. The Labute approximate surface area is 134 Å². The number of amides is 2. The summed E-state index contributed by atoms with van der Waals surface area (Å²) in [6.45, 7) is 1.14. The normalized spacial score (nSPS) is 24.8. The zero-order chi connectivity index (χ0) is 16.4. The number of nitrogens with zero attached hydrogens (tertiary/aromatic N) is 2. The molecule has 1 aromatic carbocycles. The van der Waals surface area contributed by atoms with E-state index in [-0.39, 0.29) is 24.4 Å². The van der Waals surface area contributed by atoms with Crippen molar-refractivity contribution < 1.29 is 18.4 Å². The van der Waals surface area contributed by atoms with Crippen LogP contribution in [-0.2, 0) is 4.79 Å². The first-order valence-electron chi connectivity index (χ1n) is 8.06. The molecule has 4 nitrogen and oxygen atoms in total. The summed E-state index contributed by atoms with van der Waals surface area (Å²) in [4.78, 5) is 28.1. The zero-order valence-electron chi connectivity index (χ0n) is 12.9. The van der Waals surface area contributed by atoms with Gasteiger partial charge in [-0.15, -0.1) is 0 Å². The number of carbonyl (C=O) groups is 2. The number of benzene rings is 1. The molecule has 2 aliphatic rings. The van der Waals surface area contributed by atoms with Crippen LogP contribution in [0.5, 0.6) is 0 Å². The average molecular weight is 322 g/mol. The van der Waals surface area contributed by atoms with Crippen LogP contribution in [0.3, 0.4) is 0 Å². The van der Waals surface area contributed by atoms with Crippen molar-refractivity contribution in [3.05, 3.63) is 35.6 Å². The van der Waals surface area contributed by atoms with Gasteiger partial charge in [-0.1, -0.05) is 12.1 Å². The van der Waals surface area contributed by atoms with E-state index in [0.29, 0.717) is 13.1 Å². The third-order valence-electron chi connectivity index (χ3n) is 4.57. The summed E-state index contributed by atoms with van der Waals surface area (Å²) in [7, 11) is 0. The van der Waals surface area contributed by atoms with Crippen molar-refractivity contribution in [1.29, 1.82) is 0 Å². The first-order chi connectivity index (χ1) is 11.1. The minimum absolute atomic E-state index is 0.00444. The summed E-state index contributed by atoms with van der Waals surface area (Å²) in [5.41, 5.74) is -0.113. The van der Waals surface area contributed by atoms with E-state index in [0.717, 1.165) is 19.3 Å². The van der Waals surface area contributed by atoms with Crippen LogP contribution in [0.25, 0.3) is 0 Å². The minimum Gasteiger partial charge on any atom is -0.341 e. The smallest absolute Gasteiger partial charge is 0.257 e. The predicted octanol–water partition coefficient (Wildman–Crippen LogP) is 2.39. The molecule has 1 aromatic rings. The molecule has 2 amide bonds. The van der Waals surface area contributed by atoms with E-state index in [4.69, 9.17) is 0 Å². The van der Waals surface area contributed by atoms with Gasteiger partial charge in [-0.05, 0) is 31.4 Å². The molecule has 0 aliphatic carbocycles. The van der Waals surface area contributed by atoms with Crippen molar-refractivity contribution >= 4 is 11.8 Å². The SMILES string of the molecule is O=C([C@@H]1C[C@H](F)CN1C(=O)c1ccccc1F)N1CCCCC1. The number of hydrogen-bond acceptors (Lipinski definition) is 2. The van der Waals surface area contributed by atoms with Crippen LogP contribution in [0, 0.1) is 5.82 Å². The van der Waals surface area contributed by atoms with Gasteiger partial charge < -0.3 is 9.80 Å². The Morgan fingerprint density at radius 2 is 1.78 bits per heavy atom. The molecule has 124 valence electrons. The van der Waals surface area contributed by atoms with Gasteiger partial charge in [0.1, 0.15) is 18.0 Å². The Bertz CT molecular complexity index is 602. The van der Waals surface area contributed by atoms with E-state index in [1.54, 1.807) is 11.0 Å². The van der Waals surface area contributed by atoms with Gasteiger partial charge in [-0.3, -0.25) is 9.59 Å². The molecule has 3 rings (SSSR count). The Balaban J connectivity index is 1.80. The first-order valence-corrected chi connectivity index (χ1v) is 8.06. The van der Waals surface area contributed by atoms with Gasteiger partial charge >= 0.3 is 0 Å². The van der Waals surface area contributed by atoms with E-state index in [1.807, 2.05) is 0 Å². The molecule has 0 spiro atoms. The lowest BCUT2D eigenvalue weighted by Crippen LogP contribution is -2.49. The van der Waals surface area contributed by atoms with Crippen LogP contribution in [0.2, 0.25) is 0 Å². The van der Waals surface area contributed by atoms with Crippen LogP contribution >= 0.6 is 0 Å². The van der Waals surface area contributed by atoms with Gasteiger partial charge in [-0.2, -0.15) is 0 Å². The highest BCUT2D eigenvalue weighted by Crippen LogP contribution is 2.26. The number of piperidine rings is 1. The summed E-state index contributed by atoms with van der Waals surface area (Å²) in [5.74, 6) is -1.47. The fourth-order valence-electron chi connectivity index (χ4n) is 3.36. The lowest BCUT2D eigenvalue weighted by atomic mass is 10.1. The van der Waals surface area contributed by atoms with Crippen LogP contribution in [0.15, 0.2) is 24.3 Å². The maximum atomic E-state index is 13.9. The van der Waals surface area contributed by atoms with Gasteiger partial charge in [0.25, 0.3) is 5.91 Å².